The van der Waals surface area contributed by atoms with Crippen molar-refractivity contribution in [1.82, 2.24) is 10.0 Å². The second-order valence-electron chi connectivity index (χ2n) is 5.78. The Balaban J connectivity index is 1.55. The third-order valence-corrected chi connectivity index (χ3v) is 6.45. The van der Waals surface area contributed by atoms with E-state index in [2.05, 4.69) is 23.7 Å². The molecule has 0 unspecified atom stereocenters. The summed E-state index contributed by atoms with van der Waals surface area (Å²) in [5, 5.41) is 1.43. The molecule has 9 heteroatoms. The van der Waals surface area contributed by atoms with Gasteiger partial charge < -0.3 is 9.74 Å². The van der Waals surface area contributed by atoms with Gasteiger partial charge in [-0.3, -0.25) is 9.59 Å². The smallest absolute Gasteiger partial charge is 0.349 e. The highest BCUT2D eigenvalue weighted by atomic mass is 32.1. The Morgan fingerprint density at radius 3 is 2.30 bits per heavy atom. The zero-order valence-corrected chi connectivity index (χ0v) is 16.2. The summed E-state index contributed by atoms with van der Waals surface area (Å²) in [4.78, 5) is 49.9. The number of nitrogens with zero attached hydrogens (tertiary/aromatic N) is 3. The Morgan fingerprint density at radius 1 is 1.11 bits per heavy atom. The van der Waals surface area contributed by atoms with E-state index >= 15 is 0 Å². The van der Waals surface area contributed by atoms with Gasteiger partial charge in [0.15, 0.2) is 5.13 Å². The lowest BCUT2D eigenvalue weighted by Gasteiger charge is -2.16. The molecule has 138 valence electrons. The predicted octanol–water partition coefficient (Wildman–Crippen LogP) is 3.57. The quantitative estimate of drug-likeness (QED) is 0.608. The van der Waals surface area contributed by atoms with Crippen molar-refractivity contribution in [2.75, 3.05) is 18.0 Å². The highest BCUT2D eigenvalue weighted by Gasteiger charge is 2.39. The summed E-state index contributed by atoms with van der Waals surface area (Å²) in [5.41, 5.74) is 0.459. The largest absolute Gasteiger partial charge is 0.373 e. The molecule has 0 atom stereocenters. The third-order valence-electron chi connectivity index (χ3n) is 4.24. The van der Waals surface area contributed by atoms with Crippen molar-refractivity contribution in [3.05, 3.63) is 46.3 Å². The third kappa shape index (κ3) is 2.88. The molecule has 3 aromatic rings. The zero-order chi connectivity index (χ0) is 19.1. The van der Waals surface area contributed by atoms with Gasteiger partial charge in [-0.2, -0.15) is 0 Å². The van der Waals surface area contributed by atoms with Gasteiger partial charge in [-0.15, -0.1) is 11.3 Å². The number of carbonyl (C=O) groups excluding carboxylic acids is 3. The Hall–Kier alpha value is -2.78. The highest BCUT2D eigenvalue weighted by molar-refractivity contribution is 7.29. The van der Waals surface area contributed by atoms with E-state index in [1.54, 1.807) is 18.2 Å². The van der Waals surface area contributed by atoms with E-state index in [1.165, 1.54) is 34.8 Å². The van der Waals surface area contributed by atoms with Gasteiger partial charge in [-0.05, 0) is 32.0 Å². The molecule has 7 nitrogen and oxygen atoms in total. The van der Waals surface area contributed by atoms with Gasteiger partial charge in [-0.1, -0.05) is 28.5 Å². The van der Waals surface area contributed by atoms with Crippen LogP contribution in [0.1, 0.15) is 44.2 Å². The topological polar surface area (TPSA) is 79.8 Å². The number of aromatic nitrogens is 1. The number of fused-ring (bicyclic) bond motifs is 2. The monoisotopic (exact) mass is 401 g/mol. The number of imide groups is 1. The van der Waals surface area contributed by atoms with Crippen LogP contribution in [0.5, 0.6) is 0 Å². The van der Waals surface area contributed by atoms with E-state index in [0.717, 1.165) is 27.8 Å². The number of amides is 2. The number of rotatable bonds is 5. The van der Waals surface area contributed by atoms with Crippen LogP contribution in [0.3, 0.4) is 0 Å². The van der Waals surface area contributed by atoms with Crippen LogP contribution in [-0.4, -0.2) is 40.9 Å². The minimum atomic E-state index is -0.746. The number of hydrogen-bond acceptors (Lipinski definition) is 8. The summed E-state index contributed by atoms with van der Waals surface area (Å²) in [7, 11) is 0. The maximum atomic E-state index is 12.5. The first-order valence-corrected chi connectivity index (χ1v) is 10.0. The SMILES string of the molecule is CCN(CC)c1nc2sc(C(=O)ON3C(=O)c4ccccc4C3=O)cc2s1. The lowest BCUT2D eigenvalue weighted by Crippen LogP contribution is -2.32. The van der Waals surface area contributed by atoms with Crippen LogP contribution in [0.2, 0.25) is 0 Å². The van der Waals surface area contributed by atoms with E-state index in [9.17, 15) is 14.4 Å². The average molecular weight is 401 g/mol. The lowest BCUT2D eigenvalue weighted by molar-refractivity contribution is -0.0581. The van der Waals surface area contributed by atoms with E-state index in [1.807, 2.05) is 0 Å². The van der Waals surface area contributed by atoms with Crippen LogP contribution in [0.25, 0.3) is 9.53 Å². The molecule has 1 aromatic carbocycles. The molecule has 0 bridgehead atoms. The highest BCUT2D eigenvalue weighted by Crippen LogP contribution is 2.35. The molecule has 3 heterocycles. The van der Waals surface area contributed by atoms with Crippen molar-refractivity contribution in [3.63, 3.8) is 0 Å². The summed E-state index contributed by atoms with van der Waals surface area (Å²) < 4.78 is 0.871. The molecule has 0 saturated heterocycles. The van der Waals surface area contributed by atoms with Crippen molar-refractivity contribution in [1.29, 1.82) is 0 Å². The van der Waals surface area contributed by atoms with E-state index in [0.29, 0.717) is 9.94 Å². The van der Waals surface area contributed by atoms with Crippen LogP contribution in [-0.2, 0) is 4.84 Å². The number of anilines is 1. The summed E-state index contributed by atoms with van der Waals surface area (Å²) in [5.74, 6) is -2.02. The number of hydroxylamine groups is 2. The van der Waals surface area contributed by atoms with Gasteiger partial charge in [0.05, 0.1) is 15.8 Å². The van der Waals surface area contributed by atoms with Crippen molar-refractivity contribution >= 4 is 55.1 Å². The van der Waals surface area contributed by atoms with Crippen molar-refractivity contribution < 1.29 is 19.2 Å². The molecule has 1 aliphatic heterocycles. The standard InChI is InChI=1S/C18H15N3O4S2/c1-3-20(4-2)18-19-14-12(27-18)9-13(26-14)17(24)25-21-15(22)10-7-5-6-8-11(10)16(21)23/h5-9H,3-4H2,1-2H3. The first-order chi connectivity index (χ1) is 13.0. The van der Waals surface area contributed by atoms with Gasteiger partial charge in [0, 0.05) is 13.1 Å². The van der Waals surface area contributed by atoms with Gasteiger partial charge in [-0.25, -0.2) is 9.78 Å². The zero-order valence-electron chi connectivity index (χ0n) is 14.6. The Bertz CT molecular complexity index is 1000. The lowest BCUT2D eigenvalue weighted by atomic mass is 10.1. The molecular weight excluding hydrogens is 386 g/mol. The number of benzene rings is 1. The molecule has 0 aliphatic carbocycles. The van der Waals surface area contributed by atoms with Crippen LogP contribution in [0, 0.1) is 0 Å². The van der Waals surface area contributed by atoms with Crippen LogP contribution >= 0.6 is 22.7 Å². The molecule has 0 spiro atoms. The number of carbonyl (C=O) groups is 3. The van der Waals surface area contributed by atoms with Crippen LogP contribution < -0.4 is 4.90 Å². The van der Waals surface area contributed by atoms with E-state index in [4.69, 9.17) is 4.84 Å². The molecule has 0 radical (unpaired) electrons. The molecule has 4 rings (SSSR count). The first-order valence-electron chi connectivity index (χ1n) is 8.38. The Labute approximate surface area is 162 Å². The molecule has 0 N–H and O–H groups in total. The second-order valence-corrected chi connectivity index (χ2v) is 7.82. The second kappa shape index (κ2) is 6.75. The molecule has 2 amide bonds. The molecule has 2 aromatic heterocycles. The summed E-state index contributed by atoms with van der Waals surface area (Å²) in [6, 6.07) is 8.06. The fourth-order valence-electron chi connectivity index (χ4n) is 2.83. The normalized spacial score (nSPS) is 13.3. The van der Waals surface area contributed by atoms with Crippen molar-refractivity contribution in [2.24, 2.45) is 0 Å². The fourth-order valence-corrected chi connectivity index (χ4v) is 5.04. The molecule has 27 heavy (non-hydrogen) atoms. The van der Waals surface area contributed by atoms with Gasteiger partial charge >= 0.3 is 5.97 Å². The number of thiophene rings is 1. The fraction of sp³-hybridized carbons (Fsp3) is 0.222. The minimum Gasteiger partial charge on any atom is -0.349 e. The first kappa shape index (κ1) is 17.6. The minimum absolute atomic E-state index is 0.230. The van der Waals surface area contributed by atoms with Gasteiger partial charge in [0.1, 0.15) is 9.71 Å². The number of hydrogen-bond donors (Lipinski definition) is 0. The Morgan fingerprint density at radius 2 is 1.74 bits per heavy atom. The molecule has 1 aliphatic rings. The molecule has 0 saturated carbocycles. The van der Waals surface area contributed by atoms with Crippen molar-refractivity contribution in [3.8, 4) is 0 Å². The number of thiazole rings is 1. The van der Waals surface area contributed by atoms with Crippen molar-refractivity contribution in [2.45, 2.75) is 13.8 Å². The van der Waals surface area contributed by atoms with E-state index < -0.39 is 17.8 Å². The summed E-state index contributed by atoms with van der Waals surface area (Å²) >= 11 is 2.68. The maximum absolute atomic E-state index is 12.5. The van der Waals surface area contributed by atoms with Crippen LogP contribution in [0.15, 0.2) is 30.3 Å². The maximum Gasteiger partial charge on any atom is 0.373 e. The van der Waals surface area contributed by atoms with Gasteiger partial charge in [0.25, 0.3) is 11.8 Å². The summed E-state index contributed by atoms with van der Waals surface area (Å²) in [6.45, 7) is 5.82. The predicted molar refractivity (Wildman–Crippen MR) is 103 cm³/mol. The molecule has 0 fully saturated rings. The van der Waals surface area contributed by atoms with E-state index in [-0.39, 0.29) is 11.1 Å². The average Bonchev–Trinajstić information content (AvgIpc) is 3.31. The molecular formula is C18H15N3O4S2. The Kier molecular flexibility index (Phi) is 4.40. The van der Waals surface area contributed by atoms with Crippen LogP contribution in [0.4, 0.5) is 5.13 Å². The summed E-state index contributed by atoms with van der Waals surface area (Å²) in [6.07, 6.45) is 0. The van der Waals surface area contributed by atoms with Gasteiger partial charge in [0.2, 0.25) is 0 Å².